The van der Waals surface area contributed by atoms with Crippen LogP contribution in [0.1, 0.15) is 25.3 Å². The second kappa shape index (κ2) is 4.93. The quantitative estimate of drug-likeness (QED) is 0.766. The summed E-state index contributed by atoms with van der Waals surface area (Å²) in [6, 6.07) is -0.555. The smallest absolute Gasteiger partial charge is 0.320 e. The maximum Gasteiger partial charge on any atom is 0.320 e. The minimum absolute atomic E-state index is 0.0368. The number of carbonyl (C=O) groups is 1. The first kappa shape index (κ1) is 11.7. The Labute approximate surface area is 88.5 Å². The minimum atomic E-state index is -0.842. The molecule has 2 N–H and O–H groups in total. The van der Waals surface area contributed by atoms with Crippen LogP contribution in [-0.4, -0.2) is 22.1 Å². The summed E-state index contributed by atoms with van der Waals surface area (Å²) in [7, 11) is 0. The van der Waals surface area contributed by atoms with Crippen LogP contribution in [0, 0.1) is 12.8 Å². The Bertz CT molecular complexity index is 333. The molecule has 0 aliphatic carbocycles. The Hall–Kier alpha value is -1.36. The van der Waals surface area contributed by atoms with Crippen LogP contribution in [0.4, 0.5) is 0 Å². The highest BCUT2D eigenvalue weighted by atomic mass is 16.4. The zero-order chi connectivity index (χ0) is 11.4. The van der Waals surface area contributed by atoms with E-state index in [-0.39, 0.29) is 5.92 Å². The Balaban J connectivity index is 2.55. The molecule has 1 unspecified atom stereocenters. The lowest BCUT2D eigenvalue weighted by Gasteiger charge is -2.17. The van der Waals surface area contributed by atoms with E-state index in [4.69, 9.17) is 9.52 Å². The van der Waals surface area contributed by atoms with Crippen LogP contribution in [0.2, 0.25) is 0 Å². The van der Waals surface area contributed by atoms with E-state index in [1.807, 2.05) is 13.8 Å². The number of aliphatic carboxylic acids is 1. The van der Waals surface area contributed by atoms with Crippen LogP contribution in [0.25, 0.3) is 0 Å². The summed E-state index contributed by atoms with van der Waals surface area (Å²) in [5, 5.41) is 11.9. The number of hydrogen-bond donors (Lipinski definition) is 2. The van der Waals surface area contributed by atoms with Crippen molar-refractivity contribution in [2.45, 2.75) is 33.4 Å². The topological polar surface area (TPSA) is 75.4 Å². The van der Waals surface area contributed by atoms with Gasteiger partial charge in [0.2, 0.25) is 0 Å². The van der Waals surface area contributed by atoms with Crippen molar-refractivity contribution in [3.63, 3.8) is 0 Å². The van der Waals surface area contributed by atoms with Gasteiger partial charge < -0.3 is 9.52 Å². The molecule has 1 aromatic rings. The van der Waals surface area contributed by atoms with Crippen LogP contribution in [0.5, 0.6) is 0 Å². The first-order valence-electron chi connectivity index (χ1n) is 4.87. The van der Waals surface area contributed by atoms with Gasteiger partial charge in [-0.3, -0.25) is 10.1 Å². The monoisotopic (exact) mass is 212 g/mol. The van der Waals surface area contributed by atoms with E-state index in [1.54, 1.807) is 6.92 Å². The molecule has 84 valence electrons. The molecule has 0 aromatic carbocycles. The van der Waals surface area contributed by atoms with Crippen molar-refractivity contribution in [1.29, 1.82) is 0 Å². The molecule has 1 rings (SSSR count). The van der Waals surface area contributed by atoms with Crippen LogP contribution in [0.3, 0.4) is 0 Å². The lowest BCUT2D eigenvalue weighted by atomic mass is 10.0. The molecule has 5 heteroatoms. The number of nitrogens with one attached hydrogen (secondary N) is 1. The summed E-state index contributed by atoms with van der Waals surface area (Å²) < 4.78 is 5.02. The van der Waals surface area contributed by atoms with Crippen LogP contribution >= 0.6 is 0 Å². The fraction of sp³-hybridized carbons (Fsp3) is 0.600. The van der Waals surface area contributed by atoms with Gasteiger partial charge in [-0.15, -0.1) is 0 Å². The third kappa shape index (κ3) is 3.06. The van der Waals surface area contributed by atoms with E-state index >= 15 is 0 Å². The van der Waals surface area contributed by atoms with E-state index in [9.17, 15) is 4.79 Å². The fourth-order valence-electron chi connectivity index (χ4n) is 1.31. The van der Waals surface area contributed by atoms with E-state index < -0.39 is 12.0 Å². The Kier molecular flexibility index (Phi) is 3.85. The standard InChI is InChI=1S/C10H16N2O3/c1-6(2)9(10(13)14)11-4-8-7(3)15-5-12-8/h5-6,9,11H,4H2,1-3H3,(H,13,14). The first-order valence-corrected chi connectivity index (χ1v) is 4.87. The van der Waals surface area contributed by atoms with E-state index in [0.29, 0.717) is 6.54 Å². The van der Waals surface area contributed by atoms with E-state index in [0.717, 1.165) is 11.5 Å². The predicted molar refractivity (Wildman–Crippen MR) is 54.3 cm³/mol. The normalized spacial score (nSPS) is 13.1. The summed E-state index contributed by atoms with van der Waals surface area (Å²) in [5.74, 6) is -0.0868. The molecule has 0 saturated carbocycles. The van der Waals surface area contributed by atoms with Crippen LogP contribution in [-0.2, 0) is 11.3 Å². The fourth-order valence-corrected chi connectivity index (χ4v) is 1.31. The number of aromatic nitrogens is 1. The number of oxazole rings is 1. The summed E-state index contributed by atoms with van der Waals surface area (Å²) in [6.45, 7) is 5.94. The van der Waals surface area contributed by atoms with Gasteiger partial charge in [0.15, 0.2) is 6.39 Å². The molecule has 1 aromatic heterocycles. The van der Waals surface area contributed by atoms with E-state index in [1.165, 1.54) is 6.39 Å². The third-order valence-corrected chi connectivity index (χ3v) is 2.27. The van der Waals surface area contributed by atoms with Crippen molar-refractivity contribution in [3.05, 3.63) is 17.8 Å². The van der Waals surface area contributed by atoms with Crippen molar-refractivity contribution < 1.29 is 14.3 Å². The average Bonchev–Trinajstić information content (AvgIpc) is 2.51. The molecule has 0 radical (unpaired) electrons. The zero-order valence-corrected chi connectivity index (χ0v) is 9.15. The van der Waals surface area contributed by atoms with Crippen molar-refractivity contribution in [3.8, 4) is 0 Å². The number of aryl methyl sites for hydroxylation is 1. The average molecular weight is 212 g/mol. The van der Waals surface area contributed by atoms with Gasteiger partial charge in [-0.05, 0) is 12.8 Å². The number of nitrogens with zero attached hydrogens (tertiary/aromatic N) is 1. The van der Waals surface area contributed by atoms with Gasteiger partial charge in [-0.25, -0.2) is 4.98 Å². The second-order valence-corrected chi connectivity index (χ2v) is 3.80. The van der Waals surface area contributed by atoms with Crippen molar-refractivity contribution in [1.82, 2.24) is 10.3 Å². The molecule has 0 aliphatic rings. The zero-order valence-electron chi connectivity index (χ0n) is 9.15. The SMILES string of the molecule is Cc1ocnc1CNC(C(=O)O)C(C)C. The van der Waals surface area contributed by atoms with Gasteiger partial charge in [0.1, 0.15) is 11.8 Å². The minimum Gasteiger partial charge on any atom is -0.480 e. The molecule has 1 atom stereocenters. The highest BCUT2D eigenvalue weighted by Crippen LogP contribution is 2.07. The largest absolute Gasteiger partial charge is 0.480 e. The third-order valence-electron chi connectivity index (χ3n) is 2.27. The molecule has 0 amide bonds. The molecule has 0 bridgehead atoms. The lowest BCUT2D eigenvalue weighted by molar-refractivity contribution is -0.140. The summed E-state index contributed by atoms with van der Waals surface area (Å²) in [4.78, 5) is 14.9. The van der Waals surface area contributed by atoms with Crippen LogP contribution in [0.15, 0.2) is 10.8 Å². The highest BCUT2D eigenvalue weighted by Gasteiger charge is 2.21. The summed E-state index contributed by atoms with van der Waals surface area (Å²) >= 11 is 0. The van der Waals surface area contributed by atoms with Gasteiger partial charge in [0.05, 0.1) is 5.69 Å². The molecule has 1 heterocycles. The van der Waals surface area contributed by atoms with Gasteiger partial charge in [-0.2, -0.15) is 0 Å². The number of carboxylic acid groups (broad SMARTS) is 1. The highest BCUT2D eigenvalue weighted by molar-refractivity contribution is 5.73. The molecule has 0 spiro atoms. The number of hydrogen-bond acceptors (Lipinski definition) is 4. The Morgan fingerprint density at radius 3 is 2.73 bits per heavy atom. The maximum atomic E-state index is 10.9. The van der Waals surface area contributed by atoms with Crippen molar-refractivity contribution in [2.75, 3.05) is 0 Å². The number of carboxylic acids is 1. The molecular weight excluding hydrogens is 196 g/mol. The Morgan fingerprint density at radius 2 is 2.33 bits per heavy atom. The molecule has 0 fully saturated rings. The second-order valence-electron chi connectivity index (χ2n) is 3.80. The Morgan fingerprint density at radius 1 is 1.67 bits per heavy atom. The molecule has 0 aliphatic heterocycles. The summed E-state index contributed by atoms with van der Waals surface area (Å²) in [5.41, 5.74) is 0.752. The lowest BCUT2D eigenvalue weighted by Crippen LogP contribution is -2.40. The van der Waals surface area contributed by atoms with Gasteiger partial charge in [0, 0.05) is 6.54 Å². The molecular formula is C10H16N2O3. The molecule has 0 saturated heterocycles. The van der Waals surface area contributed by atoms with Gasteiger partial charge in [-0.1, -0.05) is 13.8 Å². The van der Waals surface area contributed by atoms with Gasteiger partial charge >= 0.3 is 5.97 Å². The maximum absolute atomic E-state index is 10.9. The number of rotatable bonds is 5. The molecule has 5 nitrogen and oxygen atoms in total. The van der Waals surface area contributed by atoms with Crippen molar-refractivity contribution >= 4 is 5.97 Å². The van der Waals surface area contributed by atoms with E-state index in [2.05, 4.69) is 10.3 Å². The predicted octanol–water partition coefficient (Wildman–Crippen LogP) is 1.18. The molecule has 15 heavy (non-hydrogen) atoms. The van der Waals surface area contributed by atoms with Gasteiger partial charge in [0.25, 0.3) is 0 Å². The summed E-state index contributed by atoms with van der Waals surface area (Å²) in [6.07, 6.45) is 1.36. The van der Waals surface area contributed by atoms with Crippen LogP contribution < -0.4 is 5.32 Å². The van der Waals surface area contributed by atoms with Crippen molar-refractivity contribution in [2.24, 2.45) is 5.92 Å². The first-order chi connectivity index (χ1) is 7.02.